The molecule has 1 fully saturated rings. The lowest BCUT2D eigenvalue weighted by Crippen LogP contribution is -2.28. The first kappa shape index (κ1) is 21.4. The SMILES string of the molecule is COC(=O)c1ccc(C)c(NC(=O)C2CC(=O)N(c3cccc(C(F)(F)F)c3)C2)c1. The lowest BCUT2D eigenvalue weighted by atomic mass is 10.1. The molecule has 1 heterocycles. The Morgan fingerprint density at radius 1 is 1.17 bits per heavy atom. The van der Waals surface area contributed by atoms with Crippen molar-refractivity contribution in [2.45, 2.75) is 19.5 Å². The van der Waals surface area contributed by atoms with Crippen molar-refractivity contribution in [3.8, 4) is 0 Å². The largest absolute Gasteiger partial charge is 0.465 e. The highest BCUT2D eigenvalue weighted by Crippen LogP contribution is 2.33. The summed E-state index contributed by atoms with van der Waals surface area (Å²) >= 11 is 0. The highest BCUT2D eigenvalue weighted by Gasteiger charge is 2.37. The predicted octanol–water partition coefficient (Wildman–Crippen LogP) is 3.79. The lowest BCUT2D eigenvalue weighted by molar-refractivity contribution is -0.137. The van der Waals surface area contributed by atoms with Crippen molar-refractivity contribution in [2.75, 3.05) is 23.9 Å². The minimum absolute atomic E-state index is 0.0400. The molecule has 1 atom stereocenters. The van der Waals surface area contributed by atoms with Crippen molar-refractivity contribution in [1.29, 1.82) is 0 Å². The first-order chi connectivity index (χ1) is 14.1. The minimum atomic E-state index is -4.53. The maximum atomic E-state index is 13.0. The molecule has 158 valence electrons. The van der Waals surface area contributed by atoms with E-state index in [9.17, 15) is 27.6 Å². The number of benzene rings is 2. The summed E-state index contributed by atoms with van der Waals surface area (Å²) in [5, 5.41) is 2.69. The van der Waals surface area contributed by atoms with Crippen LogP contribution >= 0.6 is 0 Å². The predicted molar refractivity (Wildman–Crippen MR) is 103 cm³/mol. The zero-order chi connectivity index (χ0) is 22.1. The number of halogens is 3. The highest BCUT2D eigenvalue weighted by atomic mass is 19.4. The molecular formula is C21H19F3N2O4. The standard InChI is InChI=1S/C21H19F3N2O4/c1-12-6-7-13(20(29)30-2)8-17(12)25-19(28)14-9-18(27)26(11-14)16-5-3-4-15(10-16)21(22,23)24/h3-8,10,14H,9,11H2,1-2H3,(H,25,28). The molecule has 2 amide bonds. The van der Waals surface area contributed by atoms with E-state index in [0.29, 0.717) is 11.3 Å². The third-order valence-electron chi connectivity index (χ3n) is 4.90. The van der Waals surface area contributed by atoms with Crippen LogP contribution in [0, 0.1) is 12.8 Å². The Morgan fingerprint density at radius 2 is 1.90 bits per heavy atom. The van der Waals surface area contributed by atoms with Crippen molar-refractivity contribution < 1.29 is 32.3 Å². The first-order valence-corrected chi connectivity index (χ1v) is 9.07. The van der Waals surface area contributed by atoms with Crippen molar-refractivity contribution in [3.05, 3.63) is 59.2 Å². The number of nitrogens with zero attached hydrogens (tertiary/aromatic N) is 1. The monoisotopic (exact) mass is 420 g/mol. The van der Waals surface area contributed by atoms with Gasteiger partial charge >= 0.3 is 12.1 Å². The van der Waals surface area contributed by atoms with Crippen LogP contribution in [-0.2, 0) is 20.5 Å². The number of carbonyl (C=O) groups excluding carboxylic acids is 3. The second-order valence-corrected chi connectivity index (χ2v) is 6.96. The van der Waals surface area contributed by atoms with Gasteiger partial charge in [-0.3, -0.25) is 9.59 Å². The Kier molecular flexibility index (Phi) is 5.82. The van der Waals surface area contributed by atoms with Gasteiger partial charge in [0.25, 0.3) is 0 Å². The van der Waals surface area contributed by atoms with Crippen LogP contribution in [0.2, 0.25) is 0 Å². The number of hydrogen-bond acceptors (Lipinski definition) is 4. The first-order valence-electron chi connectivity index (χ1n) is 9.07. The van der Waals surface area contributed by atoms with E-state index in [1.165, 1.54) is 30.2 Å². The van der Waals surface area contributed by atoms with Crippen LogP contribution in [0.1, 0.15) is 27.9 Å². The molecule has 30 heavy (non-hydrogen) atoms. The summed E-state index contributed by atoms with van der Waals surface area (Å²) in [7, 11) is 1.24. The number of alkyl halides is 3. The molecule has 1 aliphatic rings. The fraction of sp³-hybridized carbons (Fsp3) is 0.286. The van der Waals surface area contributed by atoms with E-state index in [-0.39, 0.29) is 24.2 Å². The number of nitrogens with one attached hydrogen (secondary N) is 1. The highest BCUT2D eigenvalue weighted by molar-refractivity contribution is 6.04. The van der Waals surface area contributed by atoms with Gasteiger partial charge in [0.1, 0.15) is 0 Å². The summed E-state index contributed by atoms with van der Waals surface area (Å²) in [5.41, 5.74) is 0.583. The molecule has 9 heteroatoms. The van der Waals surface area contributed by atoms with Gasteiger partial charge in [-0.2, -0.15) is 13.2 Å². The second-order valence-electron chi connectivity index (χ2n) is 6.96. The van der Waals surface area contributed by atoms with Gasteiger partial charge in [-0.05, 0) is 42.8 Å². The van der Waals surface area contributed by atoms with E-state index in [4.69, 9.17) is 0 Å². The molecule has 0 spiro atoms. The van der Waals surface area contributed by atoms with Crippen LogP contribution in [0.5, 0.6) is 0 Å². The average Bonchev–Trinajstić information content (AvgIpc) is 3.10. The average molecular weight is 420 g/mol. The van der Waals surface area contributed by atoms with Gasteiger partial charge in [-0.1, -0.05) is 12.1 Å². The topological polar surface area (TPSA) is 75.7 Å². The third kappa shape index (κ3) is 4.45. The van der Waals surface area contributed by atoms with Gasteiger partial charge in [0.2, 0.25) is 11.8 Å². The number of anilines is 2. The number of carbonyl (C=O) groups is 3. The van der Waals surface area contributed by atoms with Crippen LogP contribution in [0.4, 0.5) is 24.5 Å². The van der Waals surface area contributed by atoms with E-state index in [0.717, 1.165) is 12.1 Å². The van der Waals surface area contributed by atoms with Gasteiger partial charge < -0.3 is 15.0 Å². The zero-order valence-corrected chi connectivity index (χ0v) is 16.2. The van der Waals surface area contributed by atoms with Crippen molar-refractivity contribution >= 4 is 29.2 Å². The molecule has 1 unspecified atom stereocenters. The summed E-state index contributed by atoms with van der Waals surface area (Å²) in [4.78, 5) is 37.9. The molecule has 1 N–H and O–H groups in total. The fourth-order valence-electron chi connectivity index (χ4n) is 3.22. The summed E-state index contributed by atoms with van der Waals surface area (Å²) in [5.74, 6) is -2.19. The smallest absolute Gasteiger partial charge is 0.416 e. The number of amides is 2. The second kappa shape index (κ2) is 8.17. The molecule has 6 nitrogen and oxygen atoms in total. The van der Waals surface area contributed by atoms with Crippen molar-refractivity contribution in [2.24, 2.45) is 5.92 Å². The summed E-state index contributed by atoms with van der Waals surface area (Å²) < 4.78 is 43.5. The number of esters is 1. The molecule has 0 aromatic heterocycles. The van der Waals surface area contributed by atoms with E-state index in [1.807, 2.05) is 0 Å². The molecule has 0 saturated carbocycles. The van der Waals surface area contributed by atoms with Crippen LogP contribution < -0.4 is 10.2 Å². The molecule has 2 aromatic rings. The van der Waals surface area contributed by atoms with Gasteiger partial charge in [0.15, 0.2) is 0 Å². The van der Waals surface area contributed by atoms with E-state index in [2.05, 4.69) is 10.1 Å². The van der Waals surface area contributed by atoms with Gasteiger partial charge in [-0.15, -0.1) is 0 Å². The lowest BCUT2D eigenvalue weighted by Gasteiger charge is -2.18. The molecular weight excluding hydrogens is 401 g/mol. The van der Waals surface area contributed by atoms with Crippen LogP contribution in [0.3, 0.4) is 0 Å². The molecule has 0 bridgehead atoms. The minimum Gasteiger partial charge on any atom is -0.465 e. The quantitative estimate of drug-likeness (QED) is 0.764. The molecule has 1 aliphatic heterocycles. The summed E-state index contributed by atoms with van der Waals surface area (Å²) in [6.45, 7) is 1.70. The third-order valence-corrected chi connectivity index (χ3v) is 4.90. The summed E-state index contributed by atoms with van der Waals surface area (Å²) in [6.07, 6.45) is -4.66. The Balaban J connectivity index is 1.76. The number of rotatable bonds is 4. The number of hydrogen-bond donors (Lipinski definition) is 1. The Hall–Kier alpha value is -3.36. The number of ether oxygens (including phenoxy) is 1. The number of methoxy groups -OCH3 is 1. The molecule has 0 aliphatic carbocycles. The number of aryl methyl sites for hydroxylation is 1. The van der Waals surface area contributed by atoms with E-state index >= 15 is 0 Å². The normalized spacial score (nSPS) is 16.5. The maximum absolute atomic E-state index is 13.0. The van der Waals surface area contributed by atoms with Gasteiger partial charge in [0, 0.05) is 24.3 Å². The molecule has 2 aromatic carbocycles. The van der Waals surface area contributed by atoms with Crippen LogP contribution in [0.25, 0.3) is 0 Å². The van der Waals surface area contributed by atoms with Crippen molar-refractivity contribution in [1.82, 2.24) is 0 Å². The summed E-state index contributed by atoms with van der Waals surface area (Å²) in [6, 6.07) is 9.12. The molecule has 3 rings (SSSR count). The van der Waals surface area contributed by atoms with Crippen LogP contribution in [0.15, 0.2) is 42.5 Å². The Labute approximate surface area is 170 Å². The Morgan fingerprint density at radius 3 is 2.57 bits per heavy atom. The van der Waals surface area contributed by atoms with Crippen molar-refractivity contribution in [3.63, 3.8) is 0 Å². The Bertz CT molecular complexity index is 1000. The van der Waals surface area contributed by atoms with Gasteiger partial charge in [-0.25, -0.2) is 4.79 Å². The molecule has 0 radical (unpaired) electrons. The fourth-order valence-corrected chi connectivity index (χ4v) is 3.22. The maximum Gasteiger partial charge on any atom is 0.416 e. The molecule has 1 saturated heterocycles. The van der Waals surface area contributed by atoms with Crippen LogP contribution in [-0.4, -0.2) is 31.4 Å². The zero-order valence-electron chi connectivity index (χ0n) is 16.2. The van der Waals surface area contributed by atoms with E-state index in [1.54, 1.807) is 19.1 Å². The van der Waals surface area contributed by atoms with Gasteiger partial charge in [0.05, 0.1) is 24.2 Å². The van der Waals surface area contributed by atoms with E-state index < -0.39 is 35.4 Å².